The first kappa shape index (κ1) is 23.3. The van der Waals surface area contributed by atoms with Gasteiger partial charge in [0.25, 0.3) is 23.2 Å². The molecule has 0 aromatic heterocycles. The number of nitrogens with one attached hydrogen (secondary N) is 3. The summed E-state index contributed by atoms with van der Waals surface area (Å²) in [4.78, 5) is 44.9. The molecule has 2 aromatic carbocycles. The number of carbonyl (C=O) groups is 2. The SMILES string of the molecule is O=C(NC(=S)Nc1ccccc1C(=O)NCCCO)c1cc([N+](=O)[O-])cc([N+](=O)[O-])c1. The van der Waals surface area contributed by atoms with Gasteiger partial charge in [0.15, 0.2) is 5.11 Å². The Morgan fingerprint density at radius 2 is 1.61 bits per heavy atom. The second kappa shape index (κ2) is 10.7. The van der Waals surface area contributed by atoms with Crippen molar-refractivity contribution in [3.8, 4) is 0 Å². The van der Waals surface area contributed by atoms with Crippen molar-refractivity contribution in [1.29, 1.82) is 0 Å². The molecule has 0 atom stereocenters. The number of amides is 2. The van der Waals surface area contributed by atoms with Crippen LogP contribution in [0.3, 0.4) is 0 Å². The van der Waals surface area contributed by atoms with Gasteiger partial charge in [-0.05, 0) is 30.8 Å². The van der Waals surface area contributed by atoms with Crippen LogP contribution in [0.2, 0.25) is 0 Å². The summed E-state index contributed by atoms with van der Waals surface area (Å²) in [6.45, 7) is 0.183. The van der Waals surface area contributed by atoms with Crippen molar-refractivity contribution in [1.82, 2.24) is 10.6 Å². The quantitative estimate of drug-likeness (QED) is 0.203. The van der Waals surface area contributed by atoms with Crippen molar-refractivity contribution in [2.75, 3.05) is 18.5 Å². The Balaban J connectivity index is 2.15. The normalized spacial score (nSPS) is 10.1. The van der Waals surface area contributed by atoms with Crippen LogP contribution in [0.15, 0.2) is 42.5 Å². The molecule has 13 heteroatoms. The molecule has 0 saturated carbocycles. The molecular formula is C18H17N5O7S. The van der Waals surface area contributed by atoms with E-state index in [9.17, 15) is 29.8 Å². The van der Waals surface area contributed by atoms with Crippen LogP contribution in [0.25, 0.3) is 0 Å². The summed E-state index contributed by atoms with van der Waals surface area (Å²) < 4.78 is 0. The molecule has 2 amide bonds. The minimum absolute atomic E-state index is 0.0773. The number of para-hydroxylation sites is 1. The van der Waals surface area contributed by atoms with E-state index < -0.39 is 33.0 Å². The lowest BCUT2D eigenvalue weighted by Gasteiger charge is -2.13. The maximum atomic E-state index is 12.4. The number of aliphatic hydroxyl groups excluding tert-OH is 1. The highest BCUT2D eigenvalue weighted by atomic mass is 32.1. The first-order valence-electron chi connectivity index (χ1n) is 8.77. The van der Waals surface area contributed by atoms with Crippen molar-refractivity contribution in [3.05, 3.63) is 73.8 Å². The molecule has 2 rings (SSSR count). The average Bonchev–Trinajstić information content (AvgIpc) is 2.73. The Morgan fingerprint density at radius 1 is 1.00 bits per heavy atom. The number of nitro groups is 2. The molecule has 0 saturated heterocycles. The van der Waals surface area contributed by atoms with Crippen LogP contribution in [0.5, 0.6) is 0 Å². The fourth-order valence-electron chi connectivity index (χ4n) is 2.43. The summed E-state index contributed by atoms with van der Waals surface area (Å²) in [7, 11) is 0. The van der Waals surface area contributed by atoms with Crippen molar-refractivity contribution in [2.24, 2.45) is 0 Å². The summed E-state index contributed by atoms with van der Waals surface area (Å²) in [5, 5.41) is 38.1. The van der Waals surface area contributed by atoms with Gasteiger partial charge in [0.05, 0.1) is 32.7 Å². The van der Waals surface area contributed by atoms with E-state index in [1.54, 1.807) is 12.1 Å². The van der Waals surface area contributed by atoms with E-state index in [2.05, 4.69) is 16.0 Å². The highest BCUT2D eigenvalue weighted by Crippen LogP contribution is 2.22. The first-order valence-corrected chi connectivity index (χ1v) is 9.18. The van der Waals surface area contributed by atoms with E-state index in [4.69, 9.17) is 17.3 Å². The maximum Gasteiger partial charge on any atom is 0.277 e. The van der Waals surface area contributed by atoms with Crippen LogP contribution < -0.4 is 16.0 Å². The van der Waals surface area contributed by atoms with Crippen LogP contribution in [0.1, 0.15) is 27.1 Å². The Bertz CT molecular complexity index is 1010. The van der Waals surface area contributed by atoms with E-state index in [1.165, 1.54) is 12.1 Å². The standard InChI is InChI=1S/C18H17N5O7S/c24-7-3-6-19-17(26)14-4-1-2-5-15(14)20-18(31)21-16(25)11-8-12(22(27)28)10-13(9-11)23(29)30/h1-2,4-5,8-10,24H,3,6-7H2,(H,19,26)(H2,20,21,25,31). The van der Waals surface area contributed by atoms with Crippen molar-refractivity contribution < 1.29 is 24.5 Å². The molecule has 0 spiro atoms. The summed E-state index contributed by atoms with van der Waals surface area (Å²) >= 11 is 5.06. The third kappa shape index (κ3) is 6.52. The summed E-state index contributed by atoms with van der Waals surface area (Å²) in [5.74, 6) is -1.34. The molecule has 0 aliphatic rings. The van der Waals surface area contributed by atoms with Gasteiger partial charge in [0, 0.05) is 25.3 Å². The van der Waals surface area contributed by atoms with Crippen LogP contribution in [0.4, 0.5) is 17.1 Å². The van der Waals surface area contributed by atoms with E-state index in [-0.39, 0.29) is 35.1 Å². The molecule has 12 nitrogen and oxygen atoms in total. The number of hydrogen-bond acceptors (Lipinski definition) is 8. The van der Waals surface area contributed by atoms with Gasteiger partial charge >= 0.3 is 0 Å². The number of nitrogens with zero attached hydrogens (tertiary/aromatic N) is 2. The molecule has 2 aromatic rings. The number of rotatable bonds is 8. The number of non-ortho nitro benzene ring substituents is 2. The molecule has 0 radical (unpaired) electrons. The van der Waals surface area contributed by atoms with E-state index in [0.717, 1.165) is 18.2 Å². The van der Waals surface area contributed by atoms with Crippen molar-refractivity contribution in [2.45, 2.75) is 6.42 Å². The molecule has 0 fully saturated rings. The zero-order chi connectivity index (χ0) is 23.0. The molecule has 0 bridgehead atoms. The van der Waals surface area contributed by atoms with Gasteiger partial charge in [-0.15, -0.1) is 0 Å². The fourth-order valence-corrected chi connectivity index (χ4v) is 2.63. The Hall–Kier alpha value is -3.97. The molecule has 31 heavy (non-hydrogen) atoms. The van der Waals surface area contributed by atoms with E-state index in [0.29, 0.717) is 6.42 Å². The maximum absolute atomic E-state index is 12.4. The predicted octanol–water partition coefficient (Wildman–Crippen LogP) is 1.74. The average molecular weight is 447 g/mol. The lowest BCUT2D eigenvalue weighted by Crippen LogP contribution is -2.35. The minimum Gasteiger partial charge on any atom is -0.396 e. The lowest BCUT2D eigenvalue weighted by molar-refractivity contribution is -0.394. The minimum atomic E-state index is -0.908. The largest absolute Gasteiger partial charge is 0.396 e. The van der Waals surface area contributed by atoms with E-state index in [1.807, 2.05) is 0 Å². The van der Waals surface area contributed by atoms with Gasteiger partial charge in [0.1, 0.15) is 0 Å². The molecule has 162 valence electrons. The zero-order valence-electron chi connectivity index (χ0n) is 15.9. The monoisotopic (exact) mass is 447 g/mol. The second-order valence-electron chi connectivity index (χ2n) is 6.04. The van der Waals surface area contributed by atoms with Crippen LogP contribution in [-0.2, 0) is 0 Å². The summed E-state index contributed by atoms with van der Waals surface area (Å²) in [5.41, 5.74) is -1.08. The molecule has 0 unspecified atom stereocenters. The number of nitro benzene ring substituents is 2. The molecule has 0 aliphatic heterocycles. The number of carbonyl (C=O) groups excluding carboxylic acids is 2. The molecule has 4 N–H and O–H groups in total. The third-order valence-electron chi connectivity index (χ3n) is 3.85. The van der Waals surface area contributed by atoms with Crippen molar-refractivity contribution in [3.63, 3.8) is 0 Å². The summed E-state index contributed by atoms with van der Waals surface area (Å²) in [6.07, 6.45) is 0.380. The molecular weight excluding hydrogens is 430 g/mol. The third-order valence-corrected chi connectivity index (χ3v) is 4.06. The van der Waals surface area contributed by atoms with Crippen LogP contribution in [-0.4, -0.2) is 45.0 Å². The van der Waals surface area contributed by atoms with Gasteiger partial charge < -0.3 is 15.7 Å². The molecule has 0 heterocycles. The first-order chi connectivity index (χ1) is 14.7. The highest BCUT2D eigenvalue weighted by molar-refractivity contribution is 7.80. The Morgan fingerprint density at radius 3 is 2.19 bits per heavy atom. The predicted molar refractivity (Wildman–Crippen MR) is 114 cm³/mol. The Kier molecular flexibility index (Phi) is 8.05. The number of anilines is 1. The van der Waals surface area contributed by atoms with Crippen LogP contribution >= 0.6 is 12.2 Å². The lowest BCUT2D eigenvalue weighted by atomic mass is 10.1. The number of thiocarbonyl (C=S) groups is 1. The van der Waals surface area contributed by atoms with Crippen LogP contribution in [0, 0.1) is 20.2 Å². The summed E-state index contributed by atoms with van der Waals surface area (Å²) in [6, 6.07) is 8.81. The van der Waals surface area contributed by atoms with E-state index >= 15 is 0 Å². The highest BCUT2D eigenvalue weighted by Gasteiger charge is 2.21. The molecule has 0 aliphatic carbocycles. The van der Waals surface area contributed by atoms with Gasteiger partial charge in [-0.25, -0.2) is 0 Å². The number of aliphatic hydroxyl groups is 1. The smallest absolute Gasteiger partial charge is 0.277 e. The topological polar surface area (TPSA) is 177 Å². The van der Waals surface area contributed by atoms with Gasteiger partial charge in [-0.1, -0.05) is 12.1 Å². The fraction of sp³-hybridized carbons (Fsp3) is 0.167. The van der Waals surface area contributed by atoms with Gasteiger partial charge in [0.2, 0.25) is 0 Å². The number of benzene rings is 2. The number of hydrogen-bond donors (Lipinski definition) is 4. The zero-order valence-corrected chi connectivity index (χ0v) is 16.7. The van der Waals surface area contributed by atoms with Gasteiger partial charge in [-0.3, -0.25) is 35.1 Å². The van der Waals surface area contributed by atoms with Gasteiger partial charge in [-0.2, -0.15) is 0 Å². The second-order valence-corrected chi connectivity index (χ2v) is 6.45. The van der Waals surface area contributed by atoms with Crippen molar-refractivity contribution >= 4 is 46.2 Å². The Labute approximate surface area is 180 Å².